The van der Waals surface area contributed by atoms with Gasteiger partial charge in [0.05, 0.1) is 12.1 Å². The first kappa shape index (κ1) is 15.7. The lowest BCUT2D eigenvalue weighted by molar-refractivity contribution is 0.180. The molecule has 0 saturated heterocycles. The van der Waals surface area contributed by atoms with Crippen LogP contribution in [0.1, 0.15) is 24.2 Å². The molecule has 4 heteroatoms. The van der Waals surface area contributed by atoms with Gasteiger partial charge in [0.25, 0.3) is 0 Å². The molecule has 3 nitrogen and oxygen atoms in total. The lowest BCUT2D eigenvalue weighted by atomic mass is 10.0. The Hall–Kier alpha value is -1.71. The lowest BCUT2D eigenvalue weighted by Crippen LogP contribution is -2.29. The zero-order chi connectivity index (χ0) is 15.4. The maximum Gasteiger partial charge on any atom is 0.139 e. The van der Waals surface area contributed by atoms with E-state index >= 15 is 0 Å². The van der Waals surface area contributed by atoms with E-state index in [2.05, 4.69) is 0 Å². The average molecular weight is 306 g/mol. The Kier molecular flexibility index (Phi) is 5.10. The van der Waals surface area contributed by atoms with E-state index in [4.69, 9.17) is 26.8 Å². The summed E-state index contributed by atoms with van der Waals surface area (Å²) in [5, 5.41) is 0.592. The van der Waals surface area contributed by atoms with Crippen LogP contribution in [0.2, 0.25) is 5.02 Å². The van der Waals surface area contributed by atoms with Gasteiger partial charge in [-0.15, -0.1) is 0 Å². The van der Waals surface area contributed by atoms with Crippen molar-refractivity contribution in [3.8, 4) is 11.5 Å². The predicted molar refractivity (Wildman–Crippen MR) is 86.2 cm³/mol. The molecular weight excluding hydrogens is 286 g/mol. The van der Waals surface area contributed by atoms with Gasteiger partial charge in [-0.2, -0.15) is 0 Å². The Balaban J connectivity index is 2.26. The summed E-state index contributed by atoms with van der Waals surface area (Å²) in [5.74, 6) is 1.44. The van der Waals surface area contributed by atoms with Gasteiger partial charge in [0, 0.05) is 6.04 Å². The Bertz CT molecular complexity index is 596. The molecule has 2 rings (SSSR count). The molecule has 0 amide bonds. The summed E-state index contributed by atoms with van der Waals surface area (Å²) < 4.78 is 11.2. The van der Waals surface area contributed by atoms with Gasteiger partial charge in [0.1, 0.15) is 17.6 Å². The van der Waals surface area contributed by atoms with Crippen LogP contribution in [0.3, 0.4) is 0 Å². The third-order valence-electron chi connectivity index (χ3n) is 3.26. The minimum Gasteiger partial charge on any atom is -0.497 e. The fourth-order valence-corrected chi connectivity index (χ4v) is 2.39. The van der Waals surface area contributed by atoms with Gasteiger partial charge < -0.3 is 15.2 Å². The second-order valence-corrected chi connectivity index (χ2v) is 5.51. The van der Waals surface area contributed by atoms with E-state index < -0.39 is 0 Å². The van der Waals surface area contributed by atoms with Crippen molar-refractivity contribution in [1.29, 1.82) is 0 Å². The maximum atomic E-state index is 6.23. The van der Waals surface area contributed by atoms with E-state index in [1.54, 1.807) is 7.11 Å². The van der Waals surface area contributed by atoms with Gasteiger partial charge in [0.2, 0.25) is 0 Å². The van der Waals surface area contributed by atoms with Crippen molar-refractivity contribution in [2.45, 2.75) is 26.0 Å². The van der Waals surface area contributed by atoms with Gasteiger partial charge in [-0.25, -0.2) is 0 Å². The molecule has 112 valence electrons. The fourth-order valence-electron chi connectivity index (χ4n) is 2.11. The summed E-state index contributed by atoms with van der Waals surface area (Å²) in [4.78, 5) is 0. The van der Waals surface area contributed by atoms with Crippen LogP contribution in [0.25, 0.3) is 0 Å². The number of rotatable bonds is 5. The van der Waals surface area contributed by atoms with Gasteiger partial charge in [0.15, 0.2) is 0 Å². The molecule has 2 aromatic carbocycles. The van der Waals surface area contributed by atoms with Crippen LogP contribution in [0, 0.1) is 6.92 Å². The van der Waals surface area contributed by atoms with Crippen LogP contribution in [0.4, 0.5) is 0 Å². The molecule has 0 bridgehead atoms. The van der Waals surface area contributed by atoms with E-state index in [-0.39, 0.29) is 12.1 Å². The molecule has 0 radical (unpaired) electrons. The number of hydrogen-bond acceptors (Lipinski definition) is 3. The Morgan fingerprint density at radius 2 is 1.76 bits per heavy atom. The minimum absolute atomic E-state index is 0.171. The topological polar surface area (TPSA) is 44.5 Å². The molecule has 0 aliphatic heterocycles. The number of hydrogen-bond donors (Lipinski definition) is 1. The van der Waals surface area contributed by atoms with E-state index in [0.29, 0.717) is 10.8 Å². The zero-order valence-corrected chi connectivity index (χ0v) is 13.2. The summed E-state index contributed by atoms with van der Waals surface area (Å²) in [6.07, 6.45) is -0.267. The summed E-state index contributed by atoms with van der Waals surface area (Å²) in [5.41, 5.74) is 8.15. The molecule has 0 aliphatic carbocycles. The quantitative estimate of drug-likeness (QED) is 0.903. The molecule has 2 N–H and O–H groups in total. The summed E-state index contributed by atoms with van der Waals surface area (Å²) in [7, 11) is 1.64. The highest BCUT2D eigenvalue weighted by Gasteiger charge is 2.19. The number of benzene rings is 2. The lowest BCUT2D eigenvalue weighted by Gasteiger charge is -2.24. The molecule has 0 aliphatic rings. The van der Waals surface area contributed by atoms with Gasteiger partial charge in [-0.1, -0.05) is 29.8 Å². The molecule has 21 heavy (non-hydrogen) atoms. The number of methoxy groups -OCH3 is 1. The maximum absolute atomic E-state index is 6.23. The second-order valence-electron chi connectivity index (χ2n) is 5.10. The average Bonchev–Trinajstić information content (AvgIpc) is 2.46. The molecule has 0 saturated carbocycles. The third kappa shape index (κ3) is 3.90. The molecule has 2 atom stereocenters. The molecule has 0 fully saturated rings. The van der Waals surface area contributed by atoms with Crippen LogP contribution >= 0.6 is 11.6 Å². The van der Waals surface area contributed by atoms with E-state index in [1.807, 2.05) is 56.3 Å². The van der Waals surface area contributed by atoms with E-state index in [9.17, 15) is 0 Å². The highest BCUT2D eigenvalue weighted by molar-refractivity contribution is 6.32. The van der Waals surface area contributed by atoms with Gasteiger partial charge in [-0.3, -0.25) is 0 Å². The number of ether oxygens (including phenoxy) is 2. The summed E-state index contributed by atoms with van der Waals surface area (Å²) in [6.45, 7) is 3.90. The highest BCUT2D eigenvalue weighted by Crippen LogP contribution is 2.31. The summed E-state index contributed by atoms with van der Waals surface area (Å²) >= 11 is 6.23. The van der Waals surface area contributed by atoms with Crippen molar-refractivity contribution in [3.05, 3.63) is 58.6 Å². The second kappa shape index (κ2) is 6.83. The smallest absolute Gasteiger partial charge is 0.139 e. The Morgan fingerprint density at radius 1 is 1.10 bits per heavy atom. The summed E-state index contributed by atoms with van der Waals surface area (Å²) in [6, 6.07) is 13.2. The molecule has 2 aromatic rings. The third-order valence-corrected chi connectivity index (χ3v) is 3.56. The Morgan fingerprint density at radius 3 is 2.29 bits per heavy atom. The first-order chi connectivity index (χ1) is 10.0. The fraction of sp³-hybridized carbons (Fsp3) is 0.294. The van der Waals surface area contributed by atoms with Crippen molar-refractivity contribution in [3.63, 3.8) is 0 Å². The Labute approximate surface area is 130 Å². The van der Waals surface area contributed by atoms with Crippen LogP contribution in [0.15, 0.2) is 42.5 Å². The van der Waals surface area contributed by atoms with Crippen LogP contribution in [-0.2, 0) is 0 Å². The largest absolute Gasteiger partial charge is 0.497 e. The minimum atomic E-state index is -0.267. The number of nitrogens with two attached hydrogens (primary N) is 1. The van der Waals surface area contributed by atoms with E-state index in [1.165, 1.54) is 0 Å². The van der Waals surface area contributed by atoms with Gasteiger partial charge >= 0.3 is 0 Å². The molecule has 2 unspecified atom stereocenters. The molecule has 0 spiro atoms. The highest BCUT2D eigenvalue weighted by atomic mass is 35.5. The predicted octanol–water partition coefficient (Wildman–Crippen LogP) is 4.12. The van der Waals surface area contributed by atoms with E-state index in [0.717, 1.165) is 16.9 Å². The van der Waals surface area contributed by atoms with Crippen molar-refractivity contribution in [1.82, 2.24) is 0 Å². The molecular formula is C17H20ClNO2. The zero-order valence-electron chi connectivity index (χ0n) is 12.5. The first-order valence-corrected chi connectivity index (χ1v) is 7.21. The molecule has 0 aromatic heterocycles. The van der Waals surface area contributed by atoms with Crippen molar-refractivity contribution >= 4 is 11.6 Å². The normalized spacial score (nSPS) is 13.6. The van der Waals surface area contributed by atoms with Gasteiger partial charge in [-0.05, 0) is 49.2 Å². The number of aryl methyl sites for hydroxylation is 1. The van der Waals surface area contributed by atoms with Crippen molar-refractivity contribution in [2.24, 2.45) is 5.73 Å². The van der Waals surface area contributed by atoms with Crippen LogP contribution < -0.4 is 15.2 Å². The monoisotopic (exact) mass is 305 g/mol. The first-order valence-electron chi connectivity index (χ1n) is 6.83. The standard InChI is InChI=1S/C17H20ClNO2/c1-11-4-9-16(15(18)10-11)21-17(12(2)19)13-5-7-14(20-3)8-6-13/h4-10,12,17H,19H2,1-3H3. The van der Waals surface area contributed by atoms with Crippen LogP contribution in [0.5, 0.6) is 11.5 Å². The van der Waals surface area contributed by atoms with Crippen molar-refractivity contribution < 1.29 is 9.47 Å². The molecule has 0 heterocycles. The van der Waals surface area contributed by atoms with Crippen LogP contribution in [-0.4, -0.2) is 13.2 Å². The SMILES string of the molecule is COc1ccc(C(Oc2ccc(C)cc2Cl)C(C)N)cc1. The van der Waals surface area contributed by atoms with Crippen molar-refractivity contribution in [2.75, 3.05) is 7.11 Å². The number of halogens is 1.